The number of halogens is 1. The number of hydrogen-bond donors (Lipinski definition) is 0. The minimum atomic E-state index is -0.528. The third kappa shape index (κ3) is 1.02. The molecule has 0 bridgehead atoms. The fourth-order valence-corrected chi connectivity index (χ4v) is 4.29. The van der Waals surface area contributed by atoms with Crippen LogP contribution >= 0.6 is 0 Å². The SMILES string of the molecule is CC(C)(C)C12CCCN1C1(CC2)CC1F. The molecule has 1 nitrogen and oxygen atoms in total. The number of hydrogen-bond acceptors (Lipinski definition) is 1. The zero-order chi connectivity index (χ0) is 10.9. The summed E-state index contributed by atoms with van der Waals surface area (Å²) in [7, 11) is 0. The van der Waals surface area contributed by atoms with Crippen LogP contribution in [0, 0.1) is 5.41 Å². The van der Waals surface area contributed by atoms with Crippen LogP contribution in [-0.4, -0.2) is 28.7 Å². The molecule has 3 aliphatic rings. The minimum absolute atomic E-state index is 0.0101. The Morgan fingerprint density at radius 2 is 1.87 bits per heavy atom. The van der Waals surface area contributed by atoms with Gasteiger partial charge >= 0.3 is 0 Å². The van der Waals surface area contributed by atoms with Crippen LogP contribution < -0.4 is 0 Å². The van der Waals surface area contributed by atoms with Crippen LogP contribution in [0.3, 0.4) is 0 Å². The van der Waals surface area contributed by atoms with Crippen LogP contribution in [-0.2, 0) is 0 Å². The molecule has 2 saturated heterocycles. The van der Waals surface area contributed by atoms with Crippen molar-refractivity contribution in [3.05, 3.63) is 0 Å². The zero-order valence-electron chi connectivity index (χ0n) is 10.1. The molecular formula is C13H22FN. The Labute approximate surface area is 92.0 Å². The van der Waals surface area contributed by atoms with Crippen molar-refractivity contribution >= 4 is 0 Å². The molecule has 0 aromatic heterocycles. The summed E-state index contributed by atoms with van der Waals surface area (Å²) in [6.45, 7) is 8.14. The van der Waals surface area contributed by atoms with Gasteiger partial charge in [0.2, 0.25) is 0 Å². The topological polar surface area (TPSA) is 3.24 Å². The second kappa shape index (κ2) is 2.58. The maximum absolute atomic E-state index is 13.6. The van der Waals surface area contributed by atoms with Crippen LogP contribution in [0.25, 0.3) is 0 Å². The zero-order valence-corrected chi connectivity index (χ0v) is 10.1. The van der Waals surface area contributed by atoms with Gasteiger partial charge in [-0.25, -0.2) is 4.39 Å². The number of fused-ring (bicyclic) bond motifs is 2. The van der Waals surface area contributed by atoms with Gasteiger partial charge in [0.1, 0.15) is 6.17 Å². The first-order valence-corrected chi connectivity index (χ1v) is 6.34. The highest BCUT2D eigenvalue weighted by molar-refractivity contribution is 5.25. The van der Waals surface area contributed by atoms with Gasteiger partial charge in [0.05, 0.1) is 5.54 Å². The van der Waals surface area contributed by atoms with Gasteiger partial charge in [0.25, 0.3) is 0 Å². The lowest BCUT2D eigenvalue weighted by molar-refractivity contribution is 0.0292. The van der Waals surface area contributed by atoms with E-state index in [-0.39, 0.29) is 5.54 Å². The second-order valence-electron chi connectivity index (χ2n) is 6.81. The van der Waals surface area contributed by atoms with Gasteiger partial charge in [-0.1, -0.05) is 20.8 Å². The smallest absolute Gasteiger partial charge is 0.120 e. The summed E-state index contributed by atoms with van der Waals surface area (Å²) in [6, 6.07) is 0. The van der Waals surface area contributed by atoms with E-state index in [9.17, 15) is 4.39 Å². The van der Waals surface area contributed by atoms with Crippen molar-refractivity contribution in [1.82, 2.24) is 4.90 Å². The normalized spacial score (nSPS) is 50.0. The van der Waals surface area contributed by atoms with Crippen molar-refractivity contribution in [2.24, 2.45) is 5.41 Å². The lowest BCUT2D eigenvalue weighted by Gasteiger charge is -2.46. The first-order valence-electron chi connectivity index (χ1n) is 6.34. The molecule has 0 aromatic carbocycles. The van der Waals surface area contributed by atoms with Gasteiger partial charge in [-0.05, 0) is 37.6 Å². The van der Waals surface area contributed by atoms with Crippen molar-refractivity contribution in [2.45, 2.75) is 70.1 Å². The van der Waals surface area contributed by atoms with Crippen molar-refractivity contribution < 1.29 is 4.39 Å². The molecule has 1 saturated carbocycles. The first-order chi connectivity index (χ1) is 6.92. The van der Waals surface area contributed by atoms with Gasteiger partial charge in [-0.3, -0.25) is 4.90 Å². The molecule has 0 radical (unpaired) electrons. The molecule has 1 aliphatic carbocycles. The van der Waals surface area contributed by atoms with E-state index in [1.54, 1.807) is 0 Å². The molecule has 2 heteroatoms. The Morgan fingerprint density at radius 1 is 1.20 bits per heavy atom. The first kappa shape index (κ1) is 10.1. The van der Waals surface area contributed by atoms with E-state index in [0.717, 1.165) is 19.4 Å². The van der Waals surface area contributed by atoms with Crippen LogP contribution in [0.4, 0.5) is 4.39 Å². The molecule has 0 amide bonds. The Bertz CT molecular complexity index is 295. The van der Waals surface area contributed by atoms with E-state index in [4.69, 9.17) is 0 Å². The molecule has 3 rings (SSSR count). The average Bonchev–Trinajstić information content (AvgIpc) is 2.55. The molecule has 86 valence electrons. The van der Waals surface area contributed by atoms with Crippen molar-refractivity contribution in [3.8, 4) is 0 Å². The van der Waals surface area contributed by atoms with Crippen molar-refractivity contribution in [3.63, 3.8) is 0 Å². The second-order valence-corrected chi connectivity index (χ2v) is 6.81. The van der Waals surface area contributed by atoms with Gasteiger partial charge < -0.3 is 0 Å². The van der Waals surface area contributed by atoms with E-state index in [2.05, 4.69) is 25.7 Å². The third-order valence-corrected chi connectivity index (χ3v) is 5.35. The summed E-state index contributed by atoms with van der Waals surface area (Å²) >= 11 is 0. The van der Waals surface area contributed by atoms with E-state index in [0.29, 0.717) is 11.0 Å². The van der Waals surface area contributed by atoms with Gasteiger partial charge in [-0.15, -0.1) is 0 Å². The Morgan fingerprint density at radius 3 is 2.40 bits per heavy atom. The van der Waals surface area contributed by atoms with Crippen LogP contribution in [0.15, 0.2) is 0 Å². The summed E-state index contributed by atoms with van der Waals surface area (Å²) < 4.78 is 13.6. The molecule has 3 unspecified atom stereocenters. The van der Waals surface area contributed by atoms with Crippen LogP contribution in [0.2, 0.25) is 0 Å². The maximum Gasteiger partial charge on any atom is 0.120 e. The van der Waals surface area contributed by atoms with Gasteiger partial charge in [0, 0.05) is 12.0 Å². The number of rotatable bonds is 0. The monoisotopic (exact) mass is 211 g/mol. The van der Waals surface area contributed by atoms with E-state index >= 15 is 0 Å². The van der Waals surface area contributed by atoms with Gasteiger partial charge in [0.15, 0.2) is 0 Å². The summed E-state index contributed by atoms with van der Waals surface area (Å²) in [6.07, 6.45) is 5.16. The molecule has 0 aromatic rings. The minimum Gasteiger partial charge on any atom is -0.288 e. The molecular weight excluding hydrogens is 189 g/mol. The highest BCUT2D eigenvalue weighted by atomic mass is 19.1. The fraction of sp³-hybridized carbons (Fsp3) is 1.00. The average molecular weight is 211 g/mol. The van der Waals surface area contributed by atoms with Crippen molar-refractivity contribution in [2.75, 3.05) is 6.54 Å². The molecule has 1 spiro atoms. The van der Waals surface area contributed by atoms with Gasteiger partial charge in [-0.2, -0.15) is 0 Å². The van der Waals surface area contributed by atoms with E-state index < -0.39 is 6.17 Å². The summed E-state index contributed by atoms with van der Waals surface area (Å²) in [5, 5.41) is 0. The summed E-state index contributed by atoms with van der Waals surface area (Å²) in [4.78, 5) is 2.56. The molecule has 2 aliphatic heterocycles. The predicted octanol–water partition coefficient (Wildman–Crippen LogP) is 3.14. The van der Waals surface area contributed by atoms with Crippen LogP contribution in [0.5, 0.6) is 0 Å². The quantitative estimate of drug-likeness (QED) is 0.595. The molecule has 3 atom stereocenters. The van der Waals surface area contributed by atoms with E-state index in [1.165, 1.54) is 19.3 Å². The number of nitrogens with zero attached hydrogens (tertiary/aromatic N) is 1. The molecule has 0 N–H and O–H groups in total. The highest BCUT2D eigenvalue weighted by Gasteiger charge is 2.70. The molecule has 2 heterocycles. The summed E-state index contributed by atoms with van der Waals surface area (Å²) in [5.41, 5.74) is 0.604. The molecule has 15 heavy (non-hydrogen) atoms. The maximum atomic E-state index is 13.6. The van der Waals surface area contributed by atoms with E-state index in [1.807, 2.05) is 0 Å². The molecule has 3 fully saturated rings. The Balaban J connectivity index is 1.98. The highest BCUT2D eigenvalue weighted by Crippen LogP contribution is 2.64. The number of alkyl halides is 1. The third-order valence-electron chi connectivity index (χ3n) is 5.35. The van der Waals surface area contributed by atoms with Crippen LogP contribution in [0.1, 0.15) is 52.9 Å². The Hall–Kier alpha value is -0.110. The fourth-order valence-electron chi connectivity index (χ4n) is 4.29. The predicted molar refractivity (Wildman–Crippen MR) is 59.6 cm³/mol. The lowest BCUT2D eigenvalue weighted by atomic mass is 9.71. The Kier molecular flexibility index (Phi) is 1.73. The summed E-state index contributed by atoms with van der Waals surface area (Å²) in [5.74, 6) is 0. The largest absolute Gasteiger partial charge is 0.288 e. The lowest BCUT2D eigenvalue weighted by Crippen LogP contribution is -2.52. The van der Waals surface area contributed by atoms with Crippen molar-refractivity contribution in [1.29, 1.82) is 0 Å². The standard InChI is InChI=1S/C13H22FN/c1-11(2,3)13-5-4-8-15(13)12(6-7-13)9-10(12)14/h10H,4-9H2,1-3H3.